The SMILES string of the molecule is C=C[C](C)c1cc(Cl)cc(OC)c1. The quantitative estimate of drug-likeness (QED) is 0.718. The van der Waals surface area contributed by atoms with Gasteiger partial charge in [-0.3, -0.25) is 0 Å². The maximum Gasteiger partial charge on any atom is 0.120 e. The second kappa shape index (κ2) is 4.33. The van der Waals surface area contributed by atoms with E-state index in [2.05, 4.69) is 6.58 Å². The molecule has 13 heavy (non-hydrogen) atoms. The molecule has 0 unspecified atom stereocenters. The van der Waals surface area contributed by atoms with Crippen LogP contribution in [0.25, 0.3) is 0 Å². The molecule has 0 aliphatic rings. The van der Waals surface area contributed by atoms with E-state index >= 15 is 0 Å². The smallest absolute Gasteiger partial charge is 0.120 e. The molecule has 0 saturated heterocycles. The molecule has 0 aromatic heterocycles. The summed E-state index contributed by atoms with van der Waals surface area (Å²) in [5, 5.41) is 0.676. The highest BCUT2D eigenvalue weighted by molar-refractivity contribution is 6.30. The Labute approximate surface area is 84.0 Å². The van der Waals surface area contributed by atoms with Crippen LogP contribution in [-0.4, -0.2) is 7.11 Å². The van der Waals surface area contributed by atoms with E-state index in [0.717, 1.165) is 17.2 Å². The zero-order valence-electron chi connectivity index (χ0n) is 7.80. The Kier molecular flexibility index (Phi) is 3.38. The normalized spacial score (nSPS) is 10.2. The molecule has 0 N–H and O–H groups in total. The highest BCUT2D eigenvalue weighted by atomic mass is 35.5. The van der Waals surface area contributed by atoms with Gasteiger partial charge in [0.1, 0.15) is 5.75 Å². The van der Waals surface area contributed by atoms with Crippen LogP contribution < -0.4 is 4.74 Å². The Morgan fingerprint density at radius 2 is 2.15 bits per heavy atom. The molecule has 0 saturated carbocycles. The maximum atomic E-state index is 5.90. The van der Waals surface area contributed by atoms with Crippen molar-refractivity contribution in [2.45, 2.75) is 6.92 Å². The molecule has 0 amide bonds. The summed E-state index contributed by atoms with van der Waals surface area (Å²) in [7, 11) is 1.62. The van der Waals surface area contributed by atoms with Gasteiger partial charge >= 0.3 is 0 Å². The molecule has 0 atom stereocenters. The first-order valence-electron chi connectivity index (χ1n) is 3.98. The van der Waals surface area contributed by atoms with E-state index in [-0.39, 0.29) is 0 Å². The van der Waals surface area contributed by atoms with E-state index in [1.807, 2.05) is 19.1 Å². The van der Waals surface area contributed by atoms with Crippen LogP contribution >= 0.6 is 11.6 Å². The standard InChI is InChI=1S/C11H12ClO/c1-4-8(2)9-5-10(12)7-11(6-9)13-3/h4-7H,1H2,2-3H3. The Balaban J connectivity index is 3.07. The zero-order chi connectivity index (χ0) is 9.84. The average Bonchev–Trinajstić information content (AvgIpc) is 2.15. The molecule has 0 spiro atoms. The molecule has 2 heteroatoms. The number of allylic oxidation sites excluding steroid dienone is 1. The van der Waals surface area contributed by atoms with Gasteiger partial charge in [0.25, 0.3) is 0 Å². The summed E-state index contributed by atoms with van der Waals surface area (Å²) in [6.45, 7) is 5.69. The van der Waals surface area contributed by atoms with Crippen LogP contribution in [0.15, 0.2) is 30.9 Å². The fraction of sp³-hybridized carbons (Fsp3) is 0.182. The van der Waals surface area contributed by atoms with Crippen molar-refractivity contribution in [3.05, 3.63) is 47.4 Å². The minimum absolute atomic E-state index is 0.676. The number of halogens is 1. The predicted octanol–water partition coefficient (Wildman–Crippen LogP) is 3.48. The summed E-state index contributed by atoms with van der Waals surface area (Å²) in [6.07, 6.45) is 1.80. The Bertz CT molecular complexity index is 307. The van der Waals surface area contributed by atoms with Gasteiger partial charge in [-0.05, 0) is 23.8 Å². The van der Waals surface area contributed by atoms with E-state index in [9.17, 15) is 0 Å². The van der Waals surface area contributed by atoms with E-state index in [0.29, 0.717) is 5.02 Å². The molecule has 1 nitrogen and oxygen atoms in total. The van der Waals surface area contributed by atoms with Crippen LogP contribution in [0.5, 0.6) is 5.75 Å². The van der Waals surface area contributed by atoms with E-state index in [4.69, 9.17) is 16.3 Å². The van der Waals surface area contributed by atoms with Crippen molar-refractivity contribution in [3.8, 4) is 5.75 Å². The number of rotatable bonds is 3. The zero-order valence-corrected chi connectivity index (χ0v) is 8.56. The summed E-state index contributed by atoms with van der Waals surface area (Å²) in [4.78, 5) is 0. The molecular weight excluding hydrogens is 184 g/mol. The monoisotopic (exact) mass is 195 g/mol. The summed E-state index contributed by atoms with van der Waals surface area (Å²) in [6, 6.07) is 5.60. The van der Waals surface area contributed by atoms with Crippen molar-refractivity contribution in [3.63, 3.8) is 0 Å². The van der Waals surface area contributed by atoms with Gasteiger partial charge in [-0.15, -0.1) is 6.58 Å². The van der Waals surface area contributed by atoms with Crippen molar-refractivity contribution in [2.24, 2.45) is 0 Å². The lowest BCUT2D eigenvalue weighted by Crippen LogP contribution is -1.91. The van der Waals surface area contributed by atoms with Crippen molar-refractivity contribution in [2.75, 3.05) is 7.11 Å². The molecular formula is C11H12ClO. The maximum absolute atomic E-state index is 5.90. The Morgan fingerprint density at radius 3 is 2.69 bits per heavy atom. The van der Waals surface area contributed by atoms with Gasteiger partial charge in [0.2, 0.25) is 0 Å². The lowest BCUT2D eigenvalue weighted by atomic mass is 10.0. The third-order valence-corrected chi connectivity index (χ3v) is 2.09. The summed E-state index contributed by atoms with van der Waals surface area (Å²) in [5.74, 6) is 1.85. The van der Waals surface area contributed by atoms with Crippen LogP contribution in [-0.2, 0) is 0 Å². The summed E-state index contributed by atoms with van der Waals surface area (Å²) in [5.41, 5.74) is 1.04. The van der Waals surface area contributed by atoms with Crippen LogP contribution in [0.3, 0.4) is 0 Å². The largest absolute Gasteiger partial charge is 0.497 e. The van der Waals surface area contributed by atoms with Crippen molar-refractivity contribution in [1.29, 1.82) is 0 Å². The van der Waals surface area contributed by atoms with Gasteiger partial charge in [0.15, 0.2) is 0 Å². The van der Waals surface area contributed by atoms with Crippen LogP contribution in [0.2, 0.25) is 5.02 Å². The third kappa shape index (κ3) is 2.49. The number of hydrogen-bond donors (Lipinski definition) is 0. The number of benzene rings is 1. The van der Waals surface area contributed by atoms with Gasteiger partial charge in [-0.1, -0.05) is 24.6 Å². The first-order chi connectivity index (χ1) is 6.17. The van der Waals surface area contributed by atoms with Crippen molar-refractivity contribution in [1.82, 2.24) is 0 Å². The van der Waals surface area contributed by atoms with E-state index in [1.54, 1.807) is 19.3 Å². The highest BCUT2D eigenvalue weighted by Crippen LogP contribution is 2.25. The van der Waals surface area contributed by atoms with Gasteiger partial charge < -0.3 is 4.74 Å². The molecule has 0 aliphatic carbocycles. The predicted molar refractivity (Wildman–Crippen MR) is 56.2 cm³/mol. The van der Waals surface area contributed by atoms with Crippen LogP contribution in [0, 0.1) is 5.92 Å². The second-order valence-electron chi connectivity index (χ2n) is 2.77. The van der Waals surface area contributed by atoms with Gasteiger partial charge in [-0.25, -0.2) is 0 Å². The Hall–Kier alpha value is -0.950. The molecule has 0 heterocycles. The van der Waals surface area contributed by atoms with Crippen LogP contribution in [0.1, 0.15) is 12.5 Å². The van der Waals surface area contributed by atoms with E-state index < -0.39 is 0 Å². The minimum Gasteiger partial charge on any atom is -0.497 e. The Morgan fingerprint density at radius 1 is 1.46 bits per heavy atom. The molecule has 0 aliphatic heterocycles. The van der Waals surface area contributed by atoms with E-state index in [1.165, 1.54) is 0 Å². The lowest BCUT2D eigenvalue weighted by molar-refractivity contribution is 0.414. The first-order valence-corrected chi connectivity index (χ1v) is 4.36. The summed E-state index contributed by atoms with van der Waals surface area (Å²) < 4.78 is 5.10. The topological polar surface area (TPSA) is 9.23 Å². The molecule has 0 bridgehead atoms. The van der Waals surface area contributed by atoms with Crippen LogP contribution in [0.4, 0.5) is 0 Å². The molecule has 0 fully saturated rings. The molecule has 69 valence electrons. The van der Waals surface area contributed by atoms with Crippen molar-refractivity contribution < 1.29 is 4.74 Å². The number of methoxy groups -OCH3 is 1. The third-order valence-electron chi connectivity index (χ3n) is 1.87. The molecule has 1 aromatic rings. The fourth-order valence-corrected chi connectivity index (χ4v) is 1.25. The number of ether oxygens (including phenoxy) is 1. The summed E-state index contributed by atoms with van der Waals surface area (Å²) >= 11 is 5.90. The first kappa shape index (κ1) is 10.1. The molecule has 1 aromatic carbocycles. The lowest BCUT2D eigenvalue weighted by Gasteiger charge is -2.08. The van der Waals surface area contributed by atoms with Crippen molar-refractivity contribution >= 4 is 11.6 Å². The highest BCUT2D eigenvalue weighted by Gasteiger charge is 2.04. The van der Waals surface area contributed by atoms with Gasteiger partial charge in [0, 0.05) is 10.9 Å². The molecule has 1 rings (SSSR count). The molecule has 1 radical (unpaired) electrons. The minimum atomic E-state index is 0.676. The fourth-order valence-electron chi connectivity index (χ4n) is 1.03. The van der Waals surface area contributed by atoms with Gasteiger partial charge in [-0.2, -0.15) is 0 Å². The second-order valence-corrected chi connectivity index (χ2v) is 3.20. The average molecular weight is 196 g/mol. The van der Waals surface area contributed by atoms with Gasteiger partial charge in [0.05, 0.1) is 7.11 Å². The number of hydrogen-bond acceptors (Lipinski definition) is 1.